The van der Waals surface area contributed by atoms with Crippen molar-refractivity contribution in [3.05, 3.63) is 23.4 Å². The molecule has 1 saturated heterocycles. The first-order valence-electron chi connectivity index (χ1n) is 6.25. The number of aryl methyl sites for hydroxylation is 1. The number of aliphatic hydroxyl groups is 1. The largest absolute Gasteiger partial charge is 0.396 e. The number of rotatable bonds is 4. The van der Waals surface area contributed by atoms with Crippen molar-refractivity contribution < 1.29 is 5.11 Å². The molecule has 0 amide bonds. The van der Waals surface area contributed by atoms with Crippen LogP contribution in [0, 0.1) is 12.8 Å². The molecule has 1 aliphatic heterocycles. The molecule has 0 radical (unpaired) electrons. The van der Waals surface area contributed by atoms with Crippen molar-refractivity contribution in [2.24, 2.45) is 11.7 Å². The summed E-state index contributed by atoms with van der Waals surface area (Å²) >= 11 is 5.08. The molecule has 1 unspecified atom stereocenters. The summed E-state index contributed by atoms with van der Waals surface area (Å²) in [6.45, 7) is 4.10. The number of pyridine rings is 1. The van der Waals surface area contributed by atoms with Gasteiger partial charge in [-0.2, -0.15) is 0 Å². The van der Waals surface area contributed by atoms with Gasteiger partial charge in [-0.05, 0) is 37.8 Å². The van der Waals surface area contributed by atoms with Crippen molar-refractivity contribution >= 4 is 23.0 Å². The third kappa shape index (κ3) is 2.79. The maximum Gasteiger partial charge on any atom is 0.139 e. The Bertz CT molecular complexity index is 450. The fourth-order valence-electron chi connectivity index (χ4n) is 2.42. The molecule has 1 aliphatic rings. The van der Waals surface area contributed by atoms with E-state index in [1.54, 1.807) is 0 Å². The molecule has 0 spiro atoms. The van der Waals surface area contributed by atoms with Gasteiger partial charge in [-0.3, -0.25) is 0 Å². The maximum atomic E-state index is 9.00. The number of aromatic nitrogens is 1. The average molecular weight is 265 g/mol. The van der Waals surface area contributed by atoms with Crippen molar-refractivity contribution in [1.29, 1.82) is 0 Å². The lowest BCUT2D eigenvalue weighted by atomic mass is 10.1. The van der Waals surface area contributed by atoms with Gasteiger partial charge in [0, 0.05) is 25.4 Å². The van der Waals surface area contributed by atoms with Gasteiger partial charge in [0.25, 0.3) is 0 Å². The molecule has 2 heterocycles. The van der Waals surface area contributed by atoms with Gasteiger partial charge in [0.15, 0.2) is 0 Å². The Labute approximate surface area is 113 Å². The Kier molecular flexibility index (Phi) is 4.14. The first-order chi connectivity index (χ1) is 8.61. The molecule has 0 aromatic carbocycles. The lowest BCUT2D eigenvalue weighted by Gasteiger charge is -2.21. The summed E-state index contributed by atoms with van der Waals surface area (Å²) in [4.78, 5) is 7.18. The van der Waals surface area contributed by atoms with E-state index in [1.807, 2.05) is 19.1 Å². The van der Waals surface area contributed by atoms with Gasteiger partial charge in [0.2, 0.25) is 0 Å². The number of hydrogen-bond donors (Lipinski definition) is 2. The average Bonchev–Trinajstić information content (AvgIpc) is 2.77. The van der Waals surface area contributed by atoms with Crippen molar-refractivity contribution in [1.82, 2.24) is 4.98 Å². The molecule has 18 heavy (non-hydrogen) atoms. The second kappa shape index (κ2) is 5.63. The topological polar surface area (TPSA) is 62.4 Å². The highest BCUT2D eigenvalue weighted by Gasteiger charge is 2.25. The second-order valence-electron chi connectivity index (χ2n) is 4.80. The van der Waals surface area contributed by atoms with Crippen LogP contribution in [0.2, 0.25) is 0 Å². The van der Waals surface area contributed by atoms with Gasteiger partial charge in [-0.1, -0.05) is 12.2 Å². The van der Waals surface area contributed by atoms with Crippen LogP contribution in [-0.4, -0.2) is 34.8 Å². The number of thiocarbonyl (C=S) groups is 1. The standard InChI is InChI=1S/C13H19N3OS/c1-9-2-3-11(12(14)18)13(15-9)16-6-4-10(8-16)5-7-17/h2-3,10,17H,4-8H2,1H3,(H2,14,18). The smallest absolute Gasteiger partial charge is 0.139 e. The first-order valence-corrected chi connectivity index (χ1v) is 6.66. The fourth-order valence-corrected chi connectivity index (χ4v) is 2.58. The van der Waals surface area contributed by atoms with Crippen LogP contribution in [0.5, 0.6) is 0 Å². The zero-order valence-corrected chi connectivity index (χ0v) is 11.4. The van der Waals surface area contributed by atoms with Crippen LogP contribution in [0.4, 0.5) is 5.82 Å². The third-order valence-corrected chi connectivity index (χ3v) is 3.62. The number of anilines is 1. The van der Waals surface area contributed by atoms with Crippen LogP contribution in [0.1, 0.15) is 24.1 Å². The predicted octanol–water partition coefficient (Wildman–Crippen LogP) is 1.23. The molecule has 3 N–H and O–H groups in total. The summed E-state index contributed by atoms with van der Waals surface area (Å²) in [6, 6.07) is 3.87. The summed E-state index contributed by atoms with van der Waals surface area (Å²) < 4.78 is 0. The van der Waals surface area contributed by atoms with Crippen LogP contribution in [-0.2, 0) is 0 Å². The summed E-state index contributed by atoms with van der Waals surface area (Å²) in [7, 11) is 0. The van der Waals surface area contributed by atoms with E-state index >= 15 is 0 Å². The fraction of sp³-hybridized carbons (Fsp3) is 0.538. The van der Waals surface area contributed by atoms with Crippen molar-refractivity contribution in [3.8, 4) is 0 Å². The Balaban J connectivity index is 2.23. The maximum absolute atomic E-state index is 9.00. The highest BCUT2D eigenvalue weighted by molar-refractivity contribution is 7.80. The van der Waals surface area contributed by atoms with Gasteiger partial charge < -0.3 is 15.7 Å². The van der Waals surface area contributed by atoms with Crippen molar-refractivity contribution in [2.75, 3.05) is 24.6 Å². The zero-order chi connectivity index (χ0) is 13.1. The predicted molar refractivity (Wildman–Crippen MR) is 76.9 cm³/mol. The molecule has 1 atom stereocenters. The van der Waals surface area contributed by atoms with E-state index in [1.165, 1.54) is 0 Å². The number of nitrogens with two attached hydrogens (primary N) is 1. The zero-order valence-electron chi connectivity index (χ0n) is 10.6. The van der Waals surface area contributed by atoms with Gasteiger partial charge in [-0.15, -0.1) is 0 Å². The minimum absolute atomic E-state index is 0.252. The van der Waals surface area contributed by atoms with Gasteiger partial charge in [0.05, 0.1) is 5.56 Å². The minimum atomic E-state index is 0.252. The molecule has 98 valence electrons. The highest BCUT2D eigenvalue weighted by Crippen LogP contribution is 2.27. The van der Waals surface area contributed by atoms with E-state index in [0.29, 0.717) is 10.9 Å². The van der Waals surface area contributed by atoms with Gasteiger partial charge >= 0.3 is 0 Å². The van der Waals surface area contributed by atoms with Crippen LogP contribution in [0.15, 0.2) is 12.1 Å². The lowest BCUT2D eigenvalue weighted by molar-refractivity contribution is 0.263. The lowest BCUT2D eigenvalue weighted by Crippen LogP contribution is -2.25. The third-order valence-electron chi connectivity index (χ3n) is 3.40. The molecule has 0 aliphatic carbocycles. The number of aliphatic hydroxyl groups excluding tert-OH is 1. The molecule has 0 bridgehead atoms. The summed E-state index contributed by atoms with van der Waals surface area (Å²) in [5, 5.41) is 9.00. The van der Waals surface area contributed by atoms with E-state index < -0.39 is 0 Å². The van der Waals surface area contributed by atoms with Gasteiger partial charge in [0.1, 0.15) is 10.8 Å². The molecular formula is C13H19N3OS. The van der Waals surface area contributed by atoms with E-state index in [9.17, 15) is 0 Å². The second-order valence-corrected chi connectivity index (χ2v) is 5.24. The van der Waals surface area contributed by atoms with E-state index in [0.717, 1.165) is 43.0 Å². The van der Waals surface area contributed by atoms with E-state index in [2.05, 4.69) is 9.88 Å². The van der Waals surface area contributed by atoms with Crippen LogP contribution < -0.4 is 10.6 Å². The molecule has 0 saturated carbocycles. The molecule has 5 heteroatoms. The van der Waals surface area contributed by atoms with Crippen LogP contribution in [0.3, 0.4) is 0 Å². The van der Waals surface area contributed by atoms with Crippen molar-refractivity contribution in [2.45, 2.75) is 19.8 Å². The summed E-state index contributed by atoms with van der Waals surface area (Å²) in [6.07, 6.45) is 1.94. The van der Waals surface area contributed by atoms with Crippen LogP contribution >= 0.6 is 12.2 Å². The Hall–Kier alpha value is -1.20. The van der Waals surface area contributed by atoms with Crippen LogP contribution in [0.25, 0.3) is 0 Å². The highest BCUT2D eigenvalue weighted by atomic mass is 32.1. The SMILES string of the molecule is Cc1ccc(C(N)=S)c(N2CCC(CCO)C2)n1. The number of hydrogen-bond acceptors (Lipinski definition) is 4. The quantitative estimate of drug-likeness (QED) is 0.802. The van der Waals surface area contributed by atoms with Crippen molar-refractivity contribution in [3.63, 3.8) is 0 Å². The first kappa shape index (κ1) is 13.2. The number of nitrogens with zero attached hydrogens (tertiary/aromatic N) is 2. The normalized spacial score (nSPS) is 19.2. The summed E-state index contributed by atoms with van der Waals surface area (Å²) in [5.74, 6) is 1.43. The van der Waals surface area contributed by atoms with Gasteiger partial charge in [-0.25, -0.2) is 4.98 Å². The summed E-state index contributed by atoms with van der Waals surface area (Å²) in [5.41, 5.74) is 7.57. The molecule has 4 nitrogen and oxygen atoms in total. The van der Waals surface area contributed by atoms with E-state index in [-0.39, 0.29) is 6.61 Å². The molecule has 1 aromatic rings. The van der Waals surface area contributed by atoms with E-state index in [4.69, 9.17) is 23.1 Å². The minimum Gasteiger partial charge on any atom is -0.396 e. The molecular weight excluding hydrogens is 246 g/mol. The molecule has 2 rings (SSSR count). The Morgan fingerprint density at radius 3 is 3.06 bits per heavy atom. The Morgan fingerprint density at radius 2 is 2.39 bits per heavy atom. The molecule has 1 aromatic heterocycles. The molecule has 1 fully saturated rings. The Morgan fingerprint density at radius 1 is 1.61 bits per heavy atom. The monoisotopic (exact) mass is 265 g/mol.